The molecule has 0 spiro atoms. The van der Waals surface area contributed by atoms with Crippen LogP contribution in [0.4, 0.5) is 8.78 Å². The standard InChI is InChI=1S/C12H16ClF2NO/c1-16(8-12(14)15)7-6-11(17)9-4-2-3-5-10(9)13/h2-5,11-12,17H,6-8H2,1H3. The van der Waals surface area contributed by atoms with Crippen LogP contribution in [0, 0.1) is 0 Å². The van der Waals surface area contributed by atoms with Crippen LogP contribution in [0.15, 0.2) is 24.3 Å². The molecule has 0 saturated heterocycles. The molecule has 0 heterocycles. The van der Waals surface area contributed by atoms with Crippen LogP contribution in [0.25, 0.3) is 0 Å². The minimum absolute atomic E-state index is 0.282. The van der Waals surface area contributed by atoms with Crippen LogP contribution in [0.5, 0.6) is 0 Å². The van der Waals surface area contributed by atoms with Crippen LogP contribution >= 0.6 is 11.6 Å². The second-order valence-corrected chi connectivity index (χ2v) is 4.39. The number of benzene rings is 1. The first-order chi connectivity index (χ1) is 8.00. The summed E-state index contributed by atoms with van der Waals surface area (Å²) in [5, 5.41) is 10.4. The topological polar surface area (TPSA) is 23.5 Å². The van der Waals surface area contributed by atoms with Crippen molar-refractivity contribution in [2.75, 3.05) is 20.1 Å². The van der Waals surface area contributed by atoms with E-state index in [0.29, 0.717) is 23.6 Å². The molecule has 5 heteroatoms. The van der Waals surface area contributed by atoms with E-state index in [4.69, 9.17) is 11.6 Å². The molecule has 1 atom stereocenters. The Morgan fingerprint density at radius 3 is 2.59 bits per heavy atom. The highest BCUT2D eigenvalue weighted by molar-refractivity contribution is 6.31. The first kappa shape index (κ1) is 14.4. The molecule has 0 saturated carbocycles. The molecular weight excluding hydrogens is 248 g/mol. The van der Waals surface area contributed by atoms with Gasteiger partial charge >= 0.3 is 0 Å². The highest BCUT2D eigenvalue weighted by atomic mass is 35.5. The molecule has 0 aliphatic heterocycles. The summed E-state index contributed by atoms with van der Waals surface area (Å²) in [5.41, 5.74) is 0.639. The number of hydrogen-bond acceptors (Lipinski definition) is 2. The number of nitrogens with zero attached hydrogens (tertiary/aromatic N) is 1. The zero-order valence-electron chi connectivity index (χ0n) is 9.61. The molecule has 2 nitrogen and oxygen atoms in total. The Labute approximate surface area is 105 Å². The van der Waals surface area contributed by atoms with Crippen LogP contribution in [-0.4, -0.2) is 36.6 Å². The third kappa shape index (κ3) is 4.98. The quantitative estimate of drug-likeness (QED) is 0.853. The smallest absolute Gasteiger partial charge is 0.251 e. The van der Waals surface area contributed by atoms with Gasteiger partial charge in [0, 0.05) is 11.6 Å². The van der Waals surface area contributed by atoms with Gasteiger partial charge < -0.3 is 10.0 Å². The van der Waals surface area contributed by atoms with Crippen molar-refractivity contribution < 1.29 is 13.9 Å². The fourth-order valence-electron chi connectivity index (χ4n) is 1.57. The molecule has 0 aliphatic carbocycles. The van der Waals surface area contributed by atoms with E-state index in [-0.39, 0.29) is 6.54 Å². The van der Waals surface area contributed by atoms with Crippen molar-refractivity contribution in [1.29, 1.82) is 0 Å². The van der Waals surface area contributed by atoms with Gasteiger partial charge in [-0.25, -0.2) is 8.78 Å². The lowest BCUT2D eigenvalue weighted by Crippen LogP contribution is -2.26. The lowest BCUT2D eigenvalue weighted by molar-refractivity contribution is 0.0874. The summed E-state index contributed by atoms with van der Waals surface area (Å²) in [5.74, 6) is 0. The maximum Gasteiger partial charge on any atom is 0.251 e. The van der Waals surface area contributed by atoms with Gasteiger partial charge in [-0.15, -0.1) is 0 Å². The third-order valence-electron chi connectivity index (χ3n) is 2.50. The summed E-state index contributed by atoms with van der Waals surface area (Å²) >= 11 is 5.93. The highest BCUT2D eigenvalue weighted by Gasteiger charge is 2.13. The zero-order chi connectivity index (χ0) is 12.8. The maximum absolute atomic E-state index is 12.1. The monoisotopic (exact) mass is 263 g/mol. The SMILES string of the molecule is CN(CCC(O)c1ccccc1Cl)CC(F)F. The van der Waals surface area contributed by atoms with Crippen LogP contribution in [0.2, 0.25) is 5.02 Å². The predicted octanol–water partition coefficient (Wildman–Crippen LogP) is 2.96. The first-order valence-electron chi connectivity index (χ1n) is 5.40. The molecule has 0 radical (unpaired) electrons. The molecular formula is C12H16ClF2NO. The van der Waals surface area contributed by atoms with E-state index < -0.39 is 12.5 Å². The molecule has 1 rings (SSSR count). The molecule has 0 bridgehead atoms. The van der Waals surface area contributed by atoms with E-state index in [1.807, 2.05) is 0 Å². The summed E-state index contributed by atoms with van der Waals surface area (Å²) in [6.07, 6.45) is -2.69. The Hall–Kier alpha value is -0.710. The number of alkyl halides is 2. The predicted molar refractivity (Wildman–Crippen MR) is 64.5 cm³/mol. The molecule has 0 fully saturated rings. The van der Waals surface area contributed by atoms with Gasteiger partial charge in [0.1, 0.15) is 0 Å². The van der Waals surface area contributed by atoms with E-state index >= 15 is 0 Å². The second-order valence-electron chi connectivity index (χ2n) is 3.98. The van der Waals surface area contributed by atoms with Crippen molar-refractivity contribution in [3.63, 3.8) is 0 Å². The van der Waals surface area contributed by atoms with Crippen molar-refractivity contribution >= 4 is 11.6 Å². The number of halogens is 3. The first-order valence-corrected chi connectivity index (χ1v) is 5.77. The molecule has 0 aliphatic rings. The number of aliphatic hydroxyl groups is 1. The van der Waals surface area contributed by atoms with Gasteiger partial charge in [-0.1, -0.05) is 29.8 Å². The van der Waals surface area contributed by atoms with Crippen LogP contribution in [-0.2, 0) is 0 Å². The van der Waals surface area contributed by atoms with Gasteiger partial charge in [-0.05, 0) is 25.1 Å². The Morgan fingerprint density at radius 2 is 2.00 bits per heavy atom. The van der Waals surface area contributed by atoms with Crippen LogP contribution < -0.4 is 0 Å². The largest absolute Gasteiger partial charge is 0.388 e. The Morgan fingerprint density at radius 1 is 1.35 bits per heavy atom. The van der Waals surface area contributed by atoms with Crippen molar-refractivity contribution in [2.45, 2.75) is 19.0 Å². The summed E-state index contributed by atoms with van der Waals surface area (Å²) in [6.45, 7) is 0.117. The minimum atomic E-state index is -2.35. The molecule has 1 N–H and O–H groups in total. The lowest BCUT2D eigenvalue weighted by atomic mass is 10.1. The lowest BCUT2D eigenvalue weighted by Gasteiger charge is -2.19. The van der Waals surface area contributed by atoms with Gasteiger partial charge in [-0.3, -0.25) is 0 Å². The molecule has 1 aromatic rings. The Balaban J connectivity index is 2.45. The summed E-state index contributed by atoms with van der Waals surface area (Å²) in [4.78, 5) is 1.49. The fourth-order valence-corrected chi connectivity index (χ4v) is 1.83. The molecule has 17 heavy (non-hydrogen) atoms. The summed E-state index contributed by atoms with van der Waals surface area (Å²) in [7, 11) is 1.60. The Kier molecular flexibility index (Phi) is 5.82. The molecule has 0 amide bonds. The number of hydrogen-bond donors (Lipinski definition) is 1. The zero-order valence-corrected chi connectivity index (χ0v) is 10.4. The molecule has 96 valence electrons. The van der Waals surface area contributed by atoms with Gasteiger partial charge in [0.25, 0.3) is 6.43 Å². The van der Waals surface area contributed by atoms with Gasteiger partial charge in [0.2, 0.25) is 0 Å². The van der Waals surface area contributed by atoms with Crippen molar-refractivity contribution in [3.8, 4) is 0 Å². The molecule has 0 aromatic heterocycles. The van der Waals surface area contributed by atoms with Crippen LogP contribution in [0.3, 0.4) is 0 Å². The van der Waals surface area contributed by atoms with Crippen molar-refractivity contribution in [2.24, 2.45) is 0 Å². The van der Waals surface area contributed by atoms with E-state index in [1.165, 1.54) is 4.90 Å². The third-order valence-corrected chi connectivity index (χ3v) is 2.84. The average molecular weight is 264 g/mol. The van der Waals surface area contributed by atoms with Crippen molar-refractivity contribution in [3.05, 3.63) is 34.9 Å². The average Bonchev–Trinajstić information content (AvgIpc) is 2.25. The van der Waals surface area contributed by atoms with E-state index in [9.17, 15) is 13.9 Å². The molecule has 1 unspecified atom stereocenters. The Bertz CT molecular complexity index is 349. The maximum atomic E-state index is 12.1. The van der Waals surface area contributed by atoms with Crippen LogP contribution in [0.1, 0.15) is 18.1 Å². The van der Waals surface area contributed by atoms with E-state index in [0.717, 1.165) is 0 Å². The fraction of sp³-hybridized carbons (Fsp3) is 0.500. The second kappa shape index (κ2) is 6.89. The van der Waals surface area contributed by atoms with Crippen molar-refractivity contribution in [1.82, 2.24) is 4.90 Å². The van der Waals surface area contributed by atoms with E-state index in [2.05, 4.69) is 0 Å². The van der Waals surface area contributed by atoms with Gasteiger partial charge in [0.05, 0.1) is 12.6 Å². The summed E-state index contributed by atoms with van der Waals surface area (Å²) in [6, 6.07) is 7.00. The highest BCUT2D eigenvalue weighted by Crippen LogP contribution is 2.24. The van der Waals surface area contributed by atoms with E-state index in [1.54, 1.807) is 31.3 Å². The minimum Gasteiger partial charge on any atom is -0.388 e. The van der Waals surface area contributed by atoms with Gasteiger partial charge in [0.15, 0.2) is 0 Å². The number of aliphatic hydroxyl groups excluding tert-OH is 1. The molecule has 1 aromatic carbocycles. The van der Waals surface area contributed by atoms with Gasteiger partial charge in [-0.2, -0.15) is 0 Å². The normalized spacial score (nSPS) is 13.4. The summed E-state index contributed by atoms with van der Waals surface area (Å²) < 4.78 is 24.1. The number of rotatable bonds is 6.